The molecular formula is C32H29N3O2. The van der Waals surface area contributed by atoms with E-state index in [1.54, 1.807) is 0 Å². The van der Waals surface area contributed by atoms with E-state index in [-0.39, 0.29) is 23.9 Å². The fraction of sp³-hybridized carbons (Fsp3) is 0.188. The quantitative estimate of drug-likeness (QED) is 0.348. The lowest BCUT2D eigenvalue weighted by atomic mass is 10.00. The van der Waals surface area contributed by atoms with Gasteiger partial charge in [-0.1, -0.05) is 78.9 Å². The maximum Gasteiger partial charge on any atom is 0.268 e. The molecule has 5 heteroatoms. The van der Waals surface area contributed by atoms with Crippen molar-refractivity contribution in [2.75, 3.05) is 5.32 Å². The molecule has 5 nitrogen and oxygen atoms in total. The van der Waals surface area contributed by atoms with Crippen LogP contribution in [0.4, 0.5) is 5.69 Å². The number of nitrogens with one attached hydrogen (secondary N) is 1. The van der Waals surface area contributed by atoms with Gasteiger partial charge in [0.05, 0.1) is 25.0 Å². The fourth-order valence-corrected chi connectivity index (χ4v) is 5.69. The molecule has 6 rings (SSSR count). The summed E-state index contributed by atoms with van der Waals surface area (Å²) < 4.78 is 0. The molecule has 0 aliphatic carbocycles. The number of carbonyl (C=O) groups is 2. The summed E-state index contributed by atoms with van der Waals surface area (Å²) in [7, 11) is 0. The number of nitrogens with zero attached hydrogens (tertiary/aromatic N) is 2. The third-order valence-corrected chi connectivity index (χ3v) is 7.57. The maximum atomic E-state index is 13.6. The molecule has 0 aromatic heterocycles. The lowest BCUT2D eigenvalue weighted by Crippen LogP contribution is -2.42. The van der Waals surface area contributed by atoms with Crippen LogP contribution in [0.25, 0.3) is 11.1 Å². The average molecular weight is 488 g/mol. The molecule has 0 spiro atoms. The van der Waals surface area contributed by atoms with Crippen molar-refractivity contribution < 1.29 is 9.59 Å². The molecule has 2 atom stereocenters. The molecule has 4 aromatic carbocycles. The second-order valence-corrected chi connectivity index (χ2v) is 9.88. The second-order valence-electron chi connectivity index (χ2n) is 9.88. The summed E-state index contributed by atoms with van der Waals surface area (Å²) in [6, 6.07) is 32.4. The smallest absolute Gasteiger partial charge is 0.268 e. The molecule has 2 heterocycles. The largest absolute Gasteiger partial charge is 0.326 e. The molecule has 1 N–H and O–H groups in total. The van der Waals surface area contributed by atoms with Crippen molar-refractivity contribution in [3.05, 3.63) is 125 Å². The van der Waals surface area contributed by atoms with Gasteiger partial charge in [0.15, 0.2) is 0 Å². The van der Waals surface area contributed by atoms with Crippen LogP contribution in [0.15, 0.2) is 97.1 Å². The molecule has 37 heavy (non-hydrogen) atoms. The molecule has 0 radical (unpaired) electrons. The minimum absolute atomic E-state index is 0.0466. The standard InChI is InChI=1S/C32H29N3O2/c1-21-28-10-6-7-11-29(28)22(2)35(21)34-20-26-13-12-25(19-30(26)32(34)37)24-14-16-27(17-15-24)33-31(36)18-23-8-4-3-5-9-23/h3-17,19,21-22H,18,20H2,1-2H3,(H,33,36)/t21-,22?/m0/s1. The highest BCUT2D eigenvalue weighted by molar-refractivity contribution is 5.99. The molecule has 2 amide bonds. The number of fused-ring (bicyclic) bond motifs is 2. The Balaban J connectivity index is 1.17. The Morgan fingerprint density at radius 1 is 0.811 bits per heavy atom. The number of hydrogen-bond acceptors (Lipinski definition) is 3. The van der Waals surface area contributed by atoms with Crippen molar-refractivity contribution in [1.29, 1.82) is 0 Å². The first kappa shape index (κ1) is 23.2. The maximum absolute atomic E-state index is 13.6. The van der Waals surface area contributed by atoms with Gasteiger partial charge in [-0.25, -0.2) is 5.01 Å². The first-order valence-corrected chi connectivity index (χ1v) is 12.8. The molecule has 0 saturated carbocycles. The van der Waals surface area contributed by atoms with E-state index in [0.29, 0.717) is 13.0 Å². The Hall–Kier alpha value is -4.22. The lowest BCUT2D eigenvalue weighted by Gasteiger charge is -2.35. The zero-order chi connectivity index (χ0) is 25.5. The van der Waals surface area contributed by atoms with Crippen molar-refractivity contribution in [3.63, 3.8) is 0 Å². The van der Waals surface area contributed by atoms with E-state index >= 15 is 0 Å². The highest BCUT2D eigenvalue weighted by Gasteiger charge is 2.42. The Labute approximate surface area is 217 Å². The zero-order valence-corrected chi connectivity index (χ0v) is 21.0. The average Bonchev–Trinajstić information content (AvgIpc) is 3.37. The summed E-state index contributed by atoms with van der Waals surface area (Å²) in [5.74, 6) is 0.00263. The molecule has 0 saturated heterocycles. The van der Waals surface area contributed by atoms with Crippen LogP contribution in [0.5, 0.6) is 0 Å². The highest BCUT2D eigenvalue weighted by Crippen LogP contribution is 2.44. The van der Waals surface area contributed by atoms with Crippen LogP contribution < -0.4 is 5.32 Å². The predicted octanol–water partition coefficient (Wildman–Crippen LogP) is 6.54. The lowest BCUT2D eigenvalue weighted by molar-refractivity contribution is -0.115. The molecular weight excluding hydrogens is 458 g/mol. The normalized spacial score (nSPS) is 18.5. The number of hydrogen-bond donors (Lipinski definition) is 1. The van der Waals surface area contributed by atoms with Crippen molar-refractivity contribution in [2.45, 2.75) is 38.9 Å². The number of anilines is 1. The first-order chi connectivity index (χ1) is 18.0. The van der Waals surface area contributed by atoms with Gasteiger partial charge in [0.2, 0.25) is 5.91 Å². The summed E-state index contributed by atoms with van der Waals surface area (Å²) in [6.45, 7) is 4.93. The summed E-state index contributed by atoms with van der Waals surface area (Å²) in [5.41, 5.74) is 8.11. The zero-order valence-electron chi connectivity index (χ0n) is 21.0. The van der Waals surface area contributed by atoms with Crippen molar-refractivity contribution in [3.8, 4) is 11.1 Å². The molecule has 1 unspecified atom stereocenters. The summed E-state index contributed by atoms with van der Waals surface area (Å²) >= 11 is 0. The summed E-state index contributed by atoms with van der Waals surface area (Å²) in [6.07, 6.45) is 0.339. The van der Waals surface area contributed by atoms with Gasteiger partial charge in [0, 0.05) is 11.3 Å². The molecule has 184 valence electrons. The Kier molecular flexibility index (Phi) is 5.85. The number of amides is 2. The molecule has 2 aliphatic heterocycles. The Bertz CT molecular complexity index is 1450. The van der Waals surface area contributed by atoms with E-state index in [1.807, 2.05) is 65.7 Å². The minimum Gasteiger partial charge on any atom is -0.326 e. The first-order valence-electron chi connectivity index (χ1n) is 12.8. The Morgan fingerprint density at radius 3 is 2.11 bits per heavy atom. The van der Waals surface area contributed by atoms with Gasteiger partial charge in [0.1, 0.15) is 0 Å². The van der Waals surface area contributed by atoms with Crippen LogP contribution >= 0.6 is 0 Å². The van der Waals surface area contributed by atoms with Crippen LogP contribution in [-0.2, 0) is 17.8 Å². The van der Waals surface area contributed by atoms with Crippen LogP contribution in [0.3, 0.4) is 0 Å². The van der Waals surface area contributed by atoms with Crippen LogP contribution in [0.1, 0.15) is 58.5 Å². The SMILES string of the molecule is CC1c2ccccc2[C@H](C)N1N1Cc2ccc(-c3ccc(NC(=O)Cc4ccccc4)cc3)cc2C1=O. The van der Waals surface area contributed by atoms with E-state index in [2.05, 4.69) is 60.6 Å². The fourth-order valence-electron chi connectivity index (χ4n) is 5.69. The van der Waals surface area contributed by atoms with E-state index in [9.17, 15) is 9.59 Å². The molecule has 4 aromatic rings. The topological polar surface area (TPSA) is 52.6 Å². The Morgan fingerprint density at radius 2 is 1.43 bits per heavy atom. The number of carbonyl (C=O) groups excluding carboxylic acids is 2. The van der Waals surface area contributed by atoms with Crippen LogP contribution in [0, 0.1) is 0 Å². The third kappa shape index (κ3) is 4.21. The van der Waals surface area contributed by atoms with E-state index < -0.39 is 0 Å². The third-order valence-electron chi connectivity index (χ3n) is 7.57. The van der Waals surface area contributed by atoms with Crippen molar-refractivity contribution >= 4 is 17.5 Å². The minimum atomic E-state index is -0.0466. The van der Waals surface area contributed by atoms with Crippen molar-refractivity contribution in [2.24, 2.45) is 0 Å². The number of hydrazine groups is 1. The molecule has 0 fully saturated rings. The van der Waals surface area contributed by atoms with Gasteiger partial charge in [-0.15, -0.1) is 0 Å². The van der Waals surface area contributed by atoms with E-state index in [0.717, 1.165) is 33.5 Å². The van der Waals surface area contributed by atoms with Crippen molar-refractivity contribution in [1.82, 2.24) is 10.0 Å². The van der Waals surface area contributed by atoms with Gasteiger partial charge in [0.25, 0.3) is 5.91 Å². The molecule has 0 bridgehead atoms. The summed E-state index contributed by atoms with van der Waals surface area (Å²) in [4.78, 5) is 26.0. The van der Waals surface area contributed by atoms with Gasteiger partial charge in [-0.05, 0) is 65.4 Å². The van der Waals surface area contributed by atoms with E-state index in [4.69, 9.17) is 0 Å². The van der Waals surface area contributed by atoms with Gasteiger partial charge >= 0.3 is 0 Å². The predicted molar refractivity (Wildman–Crippen MR) is 146 cm³/mol. The highest BCUT2D eigenvalue weighted by atomic mass is 16.2. The van der Waals surface area contributed by atoms with Gasteiger partial charge in [-0.3, -0.25) is 14.6 Å². The number of benzene rings is 4. The molecule has 2 aliphatic rings. The van der Waals surface area contributed by atoms with Crippen LogP contribution in [-0.4, -0.2) is 21.8 Å². The van der Waals surface area contributed by atoms with Crippen LogP contribution in [0.2, 0.25) is 0 Å². The van der Waals surface area contributed by atoms with Gasteiger partial charge < -0.3 is 5.32 Å². The number of rotatable bonds is 5. The second kappa shape index (κ2) is 9.34. The van der Waals surface area contributed by atoms with Gasteiger partial charge in [-0.2, -0.15) is 0 Å². The summed E-state index contributed by atoms with van der Waals surface area (Å²) in [5, 5.41) is 7.10. The monoisotopic (exact) mass is 487 g/mol. The van der Waals surface area contributed by atoms with E-state index in [1.165, 1.54) is 11.1 Å².